The second kappa shape index (κ2) is 11.0. The fourth-order valence-electron chi connectivity index (χ4n) is 2.67. The van der Waals surface area contributed by atoms with Gasteiger partial charge >= 0.3 is 0 Å². The van der Waals surface area contributed by atoms with Gasteiger partial charge < -0.3 is 15.4 Å². The lowest BCUT2D eigenvalue weighted by molar-refractivity contribution is 0.415. The highest BCUT2D eigenvalue weighted by atomic mass is 127. The topological polar surface area (TPSA) is 58.5 Å². The summed E-state index contributed by atoms with van der Waals surface area (Å²) in [5, 5.41) is 10.6. The molecule has 0 radical (unpaired) electrons. The van der Waals surface area contributed by atoms with E-state index in [0.717, 1.165) is 34.5 Å². The van der Waals surface area contributed by atoms with E-state index in [1.54, 1.807) is 25.5 Å². The number of benzene rings is 1. The molecule has 26 heavy (non-hydrogen) atoms. The van der Waals surface area contributed by atoms with Crippen molar-refractivity contribution in [2.75, 3.05) is 26.5 Å². The predicted molar refractivity (Wildman–Crippen MR) is 123 cm³/mol. The van der Waals surface area contributed by atoms with Crippen molar-refractivity contribution in [3.8, 4) is 16.3 Å². The number of ether oxygens (including phenoxy) is 1. The Labute approximate surface area is 180 Å². The van der Waals surface area contributed by atoms with Crippen molar-refractivity contribution in [2.45, 2.75) is 24.6 Å². The Bertz CT molecular complexity index is 699. The van der Waals surface area contributed by atoms with E-state index < -0.39 is 0 Å². The van der Waals surface area contributed by atoms with Crippen LogP contribution in [-0.4, -0.2) is 42.6 Å². The fourth-order valence-corrected chi connectivity index (χ4v) is 4.69. The molecule has 0 saturated carbocycles. The summed E-state index contributed by atoms with van der Waals surface area (Å²) in [5.41, 5.74) is 2.13. The fraction of sp³-hybridized carbons (Fsp3) is 0.444. The molecule has 8 heteroatoms. The molecule has 2 aromatic rings. The number of nitrogens with zero attached hydrogens (tertiary/aromatic N) is 2. The summed E-state index contributed by atoms with van der Waals surface area (Å²) in [6, 6.07) is 7.99. The van der Waals surface area contributed by atoms with Gasteiger partial charge in [-0.25, -0.2) is 4.98 Å². The smallest absolute Gasteiger partial charge is 0.191 e. The molecule has 1 aliphatic rings. The Kier molecular flexibility index (Phi) is 9.00. The average Bonchev–Trinajstić information content (AvgIpc) is 3.34. The lowest BCUT2D eigenvalue weighted by Crippen LogP contribution is -2.39. The Morgan fingerprint density at radius 3 is 2.77 bits per heavy atom. The van der Waals surface area contributed by atoms with E-state index in [9.17, 15) is 0 Å². The van der Waals surface area contributed by atoms with Crippen molar-refractivity contribution in [2.24, 2.45) is 4.99 Å². The highest BCUT2D eigenvalue weighted by Crippen LogP contribution is 2.26. The van der Waals surface area contributed by atoms with Crippen LogP contribution in [0.2, 0.25) is 0 Å². The van der Waals surface area contributed by atoms with Gasteiger partial charge in [-0.1, -0.05) is 0 Å². The molecule has 1 fully saturated rings. The summed E-state index contributed by atoms with van der Waals surface area (Å²) in [7, 11) is 3.48. The lowest BCUT2D eigenvalue weighted by Gasteiger charge is -2.14. The molecule has 0 spiro atoms. The molecule has 1 saturated heterocycles. The first-order valence-electron chi connectivity index (χ1n) is 8.43. The molecule has 142 valence electrons. The SMILES string of the molecule is CN=C(NCc1csc(-c2ccc(OC)cc2)n1)NCC1CCCS1.I. The Morgan fingerprint density at radius 2 is 2.12 bits per heavy atom. The maximum absolute atomic E-state index is 5.20. The van der Waals surface area contributed by atoms with Crippen molar-refractivity contribution in [1.82, 2.24) is 15.6 Å². The van der Waals surface area contributed by atoms with Gasteiger partial charge in [-0.3, -0.25) is 4.99 Å². The third kappa shape index (κ3) is 6.02. The molecule has 1 aromatic heterocycles. The largest absolute Gasteiger partial charge is 0.497 e. The van der Waals surface area contributed by atoms with Crippen LogP contribution in [0.25, 0.3) is 10.6 Å². The number of thioether (sulfide) groups is 1. The average molecular weight is 504 g/mol. The van der Waals surface area contributed by atoms with Crippen LogP contribution < -0.4 is 15.4 Å². The van der Waals surface area contributed by atoms with Crippen LogP contribution in [-0.2, 0) is 6.54 Å². The quantitative estimate of drug-likeness (QED) is 0.354. The number of guanidine groups is 1. The molecule has 2 heterocycles. The van der Waals surface area contributed by atoms with E-state index >= 15 is 0 Å². The van der Waals surface area contributed by atoms with Gasteiger partial charge in [0.05, 0.1) is 19.3 Å². The van der Waals surface area contributed by atoms with Gasteiger partial charge in [0.1, 0.15) is 10.8 Å². The molecule has 2 N–H and O–H groups in total. The first-order valence-corrected chi connectivity index (χ1v) is 10.4. The number of aliphatic imine (C=N–C) groups is 1. The molecular formula is C18H25IN4OS2. The third-order valence-electron chi connectivity index (χ3n) is 4.07. The molecule has 1 aliphatic heterocycles. The zero-order valence-electron chi connectivity index (χ0n) is 15.0. The van der Waals surface area contributed by atoms with E-state index in [4.69, 9.17) is 9.72 Å². The van der Waals surface area contributed by atoms with Crippen LogP contribution in [0.3, 0.4) is 0 Å². The van der Waals surface area contributed by atoms with Crippen LogP contribution in [0.15, 0.2) is 34.6 Å². The Hall–Kier alpha value is -1.00. The van der Waals surface area contributed by atoms with Crippen molar-refractivity contribution in [1.29, 1.82) is 0 Å². The minimum absolute atomic E-state index is 0. The highest BCUT2D eigenvalue weighted by Gasteiger charge is 2.15. The first kappa shape index (κ1) is 21.3. The normalized spacial score (nSPS) is 16.8. The minimum Gasteiger partial charge on any atom is -0.497 e. The summed E-state index contributed by atoms with van der Waals surface area (Å²) in [5.74, 6) is 2.98. The zero-order chi connectivity index (χ0) is 17.5. The molecule has 1 atom stereocenters. The van der Waals surface area contributed by atoms with Crippen LogP contribution in [0.5, 0.6) is 5.75 Å². The molecule has 1 unspecified atom stereocenters. The van der Waals surface area contributed by atoms with Crippen molar-refractivity contribution < 1.29 is 4.74 Å². The maximum atomic E-state index is 5.20. The molecule has 3 rings (SSSR count). The van der Waals surface area contributed by atoms with E-state index in [2.05, 4.69) is 21.0 Å². The van der Waals surface area contributed by atoms with Gasteiger partial charge in [0.2, 0.25) is 0 Å². The molecule has 0 aliphatic carbocycles. The summed E-state index contributed by atoms with van der Waals surface area (Å²) in [6.45, 7) is 1.64. The van der Waals surface area contributed by atoms with Gasteiger partial charge in [0.25, 0.3) is 0 Å². The third-order valence-corrected chi connectivity index (χ3v) is 6.41. The lowest BCUT2D eigenvalue weighted by atomic mass is 10.2. The van der Waals surface area contributed by atoms with E-state index in [-0.39, 0.29) is 24.0 Å². The van der Waals surface area contributed by atoms with Gasteiger partial charge in [0.15, 0.2) is 5.96 Å². The van der Waals surface area contributed by atoms with Crippen LogP contribution in [0.4, 0.5) is 0 Å². The number of hydrogen-bond acceptors (Lipinski definition) is 5. The van der Waals surface area contributed by atoms with E-state index in [1.165, 1.54) is 18.6 Å². The summed E-state index contributed by atoms with van der Waals surface area (Å²) in [4.78, 5) is 9.00. The van der Waals surface area contributed by atoms with Crippen molar-refractivity contribution >= 4 is 53.0 Å². The summed E-state index contributed by atoms with van der Waals surface area (Å²) >= 11 is 3.70. The van der Waals surface area contributed by atoms with Crippen LogP contribution in [0.1, 0.15) is 18.5 Å². The summed E-state index contributed by atoms with van der Waals surface area (Å²) in [6.07, 6.45) is 2.63. The number of aromatic nitrogens is 1. The molecule has 0 amide bonds. The van der Waals surface area contributed by atoms with Gasteiger partial charge in [-0.05, 0) is 42.9 Å². The van der Waals surface area contributed by atoms with Crippen molar-refractivity contribution in [3.05, 3.63) is 35.3 Å². The second-order valence-corrected chi connectivity index (χ2v) is 8.08. The molecule has 5 nitrogen and oxygen atoms in total. The number of rotatable bonds is 6. The monoisotopic (exact) mass is 504 g/mol. The van der Waals surface area contributed by atoms with Gasteiger partial charge in [0, 0.05) is 29.8 Å². The van der Waals surface area contributed by atoms with Gasteiger partial charge in [-0.2, -0.15) is 11.8 Å². The van der Waals surface area contributed by atoms with Crippen LogP contribution >= 0.6 is 47.1 Å². The zero-order valence-corrected chi connectivity index (χ0v) is 19.0. The Balaban J connectivity index is 0.00000243. The minimum atomic E-state index is 0. The number of halogens is 1. The standard InChI is InChI=1S/C18H24N4OS2.HI/c1-19-18(21-11-16-4-3-9-24-16)20-10-14-12-25-17(22-14)13-5-7-15(23-2)8-6-13;/h5-8,12,16H,3-4,9-11H2,1-2H3,(H2,19,20,21);1H. The number of methoxy groups -OCH3 is 1. The van der Waals surface area contributed by atoms with E-state index in [1.807, 2.05) is 36.0 Å². The molecular weight excluding hydrogens is 479 g/mol. The number of hydrogen-bond donors (Lipinski definition) is 2. The van der Waals surface area contributed by atoms with Crippen molar-refractivity contribution in [3.63, 3.8) is 0 Å². The highest BCUT2D eigenvalue weighted by molar-refractivity contribution is 14.0. The van der Waals surface area contributed by atoms with Gasteiger partial charge in [-0.15, -0.1) is 35.3 Å². The Morgan fingerprint density at radius 1 is 1.31 bits per heavy atom. The second-order valence-electron chi connectivity index (χ2n) is 5.81. The number of thiazole rings is 1. The number of nitrogens with one attached hydrogen (secondary N) is 2. The molecule has 1 aromatic carbocycles. The molecule has 0 bridgehead atoms. The first-order chi connectivity index (χ1) is 12.3. The van der Waals surface area contributed by atoms with Crippen LogP contribution in [0, 0.1) is 0 Å². The van der Waals surface area contributed by atoms with E-state index in [0.29, 0.717) is 11.8 Å². The maximum Gasteiger partial charge on any atom is 0.191 e. The summed E-state index contributed by atoms with van der Waals surface area (Å²) < 4.78 is 5.20. The predicted octanol–water partition coefficient (Wildman–Crippen LogP) is 4.00.